The van der Waals surface area contributed by atoms with E-state index in [0.29, 0.717) is 11.9 Å². The van der Waals surface area contributed by atoms with Crippen molar-refractivity contribution in [3.8, 4) is 0 Å². The molecule has 0 spiro atoms. The van der Waals surface area contributed by atoms with Crippen molar-refractivity contribution in [1.82, 2.24) is 14.5 Å². The Bertz CT molecular complexity index is 727. The average Bonchev–Trinajstić information content (AvgIpc) is 2.72. The zero-order valence-corrected chi connectivity index (χ0v) is 11.3. The molecule has 2 N–H and O–H groups in total. The molecule has 2 heterocycles. The van der Waals surface area contributed by atoms with Crippen LogP contribution in [0.2, 0.25) is 0 Å². The number of hydrogen-bond donors (Lipinski definition) is 1. The van der Waals surface area contributed by atoms with Gasteiger partial charge in [-0.05, 0) is 18.4 Å². The molecule has 1 aromatic carbocycles. The van der Waals surface area contributed by atoms with Crippen molar-refractivity contribution < 1.29 is 0 Å². The Morgan fingerprint density at radius 2 is 2.00 bits per heavy atom. The van der Waals surface area contributed by atoms with Crippen molar-refractivity contribution in [3.05, 3.63) is 30.5 Å². The molecule has 0 aliphatic rings. The summed E-state index contributed by atoms with van der Waals surface area (Å²) in [5, 5.41) is 1.12. The molecule has 0 fully saturated rings. The van der Waals surface area contributed by atoms with Crippen molar-refractivity contribution in [2.75, 3.05) is 5.73 Å². The van der Waals surface area contributed by atoms with Crippen molar-refractivity contribution in [1.29, 1.82) is 0 Å². The second-order valence-electron chi connectivity index (χ2n) is 5.31. The zero-order valence-electron chi connectivity index (χ0n) is 11.3. The van der Waals surface area contributed by atoms with Crippen LogP contribution in [0.1, 0.15) is 20.3 Å². The molecule has 0 saturated carbocycles. The summed E-state index contributed by atoms with van der Waals surface area (Å²) < 4.78 is 2.11. The van der Waals surface area contributed by atoms with Crippen LogP contribution in [0.3, 0.4) is 0 Å². The molecular formula is C15H18N4. The quantitative estimate of drug-likeness (QED) is 0.780. The van der Waals surface area contributed by atoms with E-state index in [1.807, 2.05) is 18.2 Å². The Morgan fingerprint density at radius 3 is 2.79 bits per heavy atom. The first-order valence-electron chi connectivity index (χ1n) is 6.66. The van der Waals surface area contributed by atoms with Crippen molar-refractivity contribution >= 4 is 27.9 Å². The molecule has 98 valence electrons. The van der Waals surface area contributed by atoms with Gasteiger partial charge in [0.15, 0.2) is 0 Å². The summed E-state index contributed by atoms with van der Waals surface area (Å²) in [7, 11) is 0. The maximum Gasteiger partial charge on any atom is 0.201 e. The van der Waals surface area contributed by atoms with Gasteiger partial charge < -0.3 is 10.3 Å². The van der Waals surface area contributed by atoms with E-state index in [-0.39, 0.29) is 0 Å². The summed E-state index contributed by atoms with van der Waals surface area (Å²) in [4.78, 5) is 8.85. The number of nitrogens with two attached hydrogens (primary N) is 1. The van der Waals surface area contributed by atoms with Crippen molar-refractivity contribution in [2.45, 2.75) is 26.8 Å². The van der Waals surface area contributed by atoms with Crippen LogP contribution >= 0.6 is 0 Å². The molecule has 0 atom stereocenters. The SMILES string of the molecule is CC(C)CCn1c(N)nc2cnc3ccccc3c21. The number of rotatable bonds is 3. The zero-order chi connectivity index (χ0) is 13.4. The minimum Gasteiger partial charge on any atom is -0.369 e. The van der Waals surface area contributed by atoms with Gasteiger partial charge in [0.1, 0.15) is 5.52 Å². The van der Waals surface area contributed by atoms with E-state index in [2.05, 4.69) is 34.4 Å². The van der Waals surface area contributed by atoms with Gasteiger partial charge in [0.25, 0.3) is 0 Å². The van der Waals surface area contributed by atoms with Gasteiger partial charge in [0.2, 0.25) is 5.95 Å². The summed E-state index contributed by atoms with van der Waals surface area (Å²) in [6, 6.07) is 8.13. The Kier molecular flexibility index (Phi) is 2.85. The van der Waals surface area contributed by atoms with Gasteiger partial charge in [-0.3, -0.25) is 4.98 Å². The fourth-order valence-corrected chi connectivity index (χ4v) is 2.39. The highest BCUT2D eigenvalue weighted by Crippen LogP contribution is 2.26. The lowest BCUT2D eigenvalue weighted by atomic mass is 10.1. The van der Waals surface area contributed by atoms with E-state index in [1.165, 1.54) is 0 Å². The number of fused-ring (bicyclic) bond motifs is 3. The van der Waals surface area contributed by atoms with E-state index < -0.39 is 0 Å². The summed E-state index contributed by atoms with van der Waals surface area (Å²) in [5.74, 6) is 1.22. The van der Waals surface area contributed by atoms with Crippen LogP contribution in [0.5, 0.6) is 0 Å². The van der Waals surface area contributed by atoms with Crippen molar-refractivity contribution in [3.63, 3.8) is 0 Å². The van der Waals surface area contributed by atoms with Gasteiger partial charge in [0.05, 0.1) is 17.2 Å². The van der Waals surface area contributed by atoms with E-state index in [9.17, 15) is 0 Å². The summed E-state index contributed by atoms with van der Waals surface area (Å²) in [6.45, 7) is 5.33. The molecule has 0 unspecified atom stereocenters. The molecule has 4 nitrogen and oxygen atoms in total. The van der Waals surface area contributed by atoms with E-state index in [0.717, 1.165) is 34.9 Å². The first kappa shape index (κ1) is 12.0. The van der Waals surface area contributed by atoms with Crippen LogP contribution in [0, 0.1) is 5.92 Å². The third-order valence-electron chi connectivity index (χ3n) is 3.44. The molecule has 0 radical (unpaired) electrons. The number of anilines is 1. The number of benzene rings is 1. The van der Waals surface area contributed by atoms with Crippen LogP contribution in [0.25, 0.3) is 21.9 Å². The van der Waals surface area contributed by atoms with Gasteiger partial charge in [-0.1, -0.05) is 32.0 Å². The number of aryl methyl sites for hydroxylation is 1. The summed E-state index contributed by atoms with van der Waals surface area (Å²) in [6.07, 6.45) is 2.90. The van der Waals surface area contributed by atoms with Crippen LogP contribution in [-0.4, -0.2) is 14.5 Å². The number of nitrogen functional groups attached to an aromatic ring is 1. The first-order chi connectivity index (χ1) is 9.16. The molecular weight excluding hydrogens is 236 g/mol. The Morgan fingerprint density at radius 1 is 1.21 bits per heavy atom. The second-order valence-corrected chi connectivity index (χ2v) is 5.31. The third-order valence-corrected chi connectivity index (χ3v) is 3.44. The van der Waals surface area contributed by atoms with Crippen molar-refractivity contribution in [2.24, 2.45) is 5.92 Å². The number of para-hydroxylation sites is 1. The molecule has 3 rings (SSSR count). The predicted octanol–water partition coefficient (Wildman–Crippen LogP) is 3.21. The minimum atomic E-state index is 0.578. The summed E-state index contributed by atoms with van der Waals surface area (Å²) in [5.41, 5.74) is 9.02. The summed E-state index contributed by atoms with van der Waals surface area (Å²) >= 11 is 0. The van der Waals surface area contributed by atoms with Gasteiger partial charge in [-0.15, -0.1) is 0 Å². The highest BCUT2D eigenvalue weighted by atomic mass is 15.2. The number of imidazole rings is 1. The van der Waals surface area contributed by atoms with Crippen LogP contribution in [0.4, 0.5) is 5.95 Å². The Balaban J connectivity index is 2.24. The van der Waals surface area contributed by atoms with Crippen LogP contribution in [-0.2, 0) is 6.54 Å². The highest BCUT2D eigenvalue weighted by molar-refractivity contribution is 6.02. The number of aromatic nitrogens is 3. The fourth-order valence-electron chi connectivity index (χ4n) is 2.39. The molecule has 0 aliphatic heterocycles. The first-order valence-corrected chi connectivity index (χ1v) is 6.66. The molecule has 0 amide bonds. The molecule has 19 heavy (non-hydrogen) atoms. The maximum atomic E-state index is 6.05. The fraction of sp³-hybridized carbons (Fsp3) is 0.333. The molecule has 4 heteroatoms. The lowest BCUT2D eigenvalue weighted by molar-refractivity contribution is 0.526. The number of pyridine rings is 1. The molecule has 2 aromatic heterocycles. The standard InChI is InChI=1S/C15H18N4/c1-10(2)7-8-19-14-11-5-3-4-6-12(11)17-9-13(14)18-15(19)16/h3-6,9-10H,7-8H2,1-2H3,(H2,16,18). The lowest BCUT2D eigenvalue weighted by Crippen LogP contribution is -2.05. The van der Waals surface area contributed by atoms with E-state index in [4.69, 9.17) is 5.73 Å². The maximum absolute atomic E-state index is 6.05. The van der Waals surface area contributed by atoms with Crippen LogP contribution in [0.15, 0.2) is 30.5 Å². The molecule has 0 saturated heterocycles. The highest BCUT2D eigenvalue weighted by Gasteiger charge is 2.12. The van der Waals surface area contributed by atoms with Gasteiger partial charge in [-0.2, -0.15) is 0 Å². The predicted molar refractivity (Wildman–Crippen MR) is 78.9 cm³/mol. The van der Waals surface area contributed by atoms with Gasteiger partial charge in [-0.25, -0.2) is 4.98 Å². The van der Waals surface area contributed by atoms with E-state index >= 15 is 0 Å². The lowest BCUT2D eigenvalue weighted by Gasteiger charge is -2.09. The minimum absolute atomic E-state index is 0.578. The number of nitrogens with zero attached hydrogens (tertiary/aromatic N) is 3. The Hall–Kier alpha value is -2.10. The molecule has 3 aromatic rings. The second kappa shape index (κ2) is 4.53. The topological polar surface area (TPSA) is 56.7 Å². The molecule has 0 aliphatic carbocycles. The average molecular weight is 254 g/mol. The molecule has 0 bridgehead atoms. The van der Waals surface area contributed by atoms with E-state index in [1.54, 1.807) is 6.20 Å². The normalized spacial score (nSPS) is 11.7. The number of hydrogen-bond acceptors (Lipinski definition) is 3. The third kappa shape index (κ3) is 2.03. The van der Waals surface area contributed by atoms with Gasteiger partial charge in [0, 0.05) is 11.9 Å². The monoisotopic (exact) mass is 254 g/mol. The van der Waals surface area contributed by atoms with Crippen LogP contribution < -0.4 is 5.73 Å². The smallest absolute Gasteiger partial charge is 0.201 e. The van der Waals surface area contributed by atoms with Gasteiger partial charge >= 0.3 is 0 Å². The largest absolute Gasteiger partial charge is 0.369 e. The Labute approximate surface area is 112 Å².